The maximum atomic E-state index is 13.3. The number of hydrogen-bond acceptors (Lipinski definition) is 1. The highest BCUT2D eigenvalue weighted by molar-refractivity contribution is 5.53. The maximum absolute atomic E-state index is 13.3. The second-order valence-corrected chi connectivity index (χ2v) is 5.07. The van der Waals surface area contributed by atoms with Gasteiger partial charge in [0.15, 0.2) is 0 Å². The molecule has 0 aromatic heterocycles. The van der Waals surface area contributed by atoms with Gasteiger partial charge in [0.25, 0.3) is 0 Å². The molecule has 1 unspecified atom stereocenters. The lowest BCUT2D eigenvalue weighted by molar-refractivity contribution is -0.0959. The molecule has 0 saturated carbocycles. The van der Waals surface area contributed by atoms with Gasteiger partial charge in [-0.15, -0.1) is 0 Å². The van der Waals surface area contributed by atoms with Crippen LogP contribution in [0.25, 0.3) is 0 Å². The van der Waals surface area contributed by atoms with Crippen LogP contribution in [0.2, 0.25) is 0 Å². The van der Waals surface area contributed by atoms with Gasteiger partial charge in [-0.25, -0.2) is 0 Å². The van der Waals surface area contributed by atoms with E-state index in [2.05, 4.69) is 0 Å². The van der Waals surface area contributed by atoms with E-state index >= 15 is 0 Å². The molecule has 0 radical (unpaired) electrons. The Kier molecular flexibility index (Phi) is 4.02. The molecule has 1 aliphatic carbocycles. The Morgan fingerprint density at radius 1 is 1.00 bits per heavy atom. The number of allylic oxidation sites excluding steroid dienone is 8. The highest BCUT2D eigenvalue weighted by Gasteiger charge is 2.44. The minimum atomic E-state index is -4.86. The Morgan fingerprint density at radius 2 is 1.64 bits per heavy atom. The molecule has 0 fully saturated rings. The van der Waals surface area contributed by atoms with Crippen molar-refractivity contribution in [2.75, 3.05) is 7.05 Å². The van der Waals surface area contributed by atoms with Crippen molar-refractivity contribution in [3.05, 3.63) is 59.0 Å². The number of rotatable bonds is 0. The number of nitrogens with zero attached hydrogens (tertiary/aromatic N) is 1. The summed E-state index contributed by atoms with van der Waals surface area (Å²) in [5, 5.41) is 0. The van der Waals surface area contributed by atoms with Gasteiger partial charge in [0.1, 0.15) is 0 Å². The second-order valence-electron chi connectivity index (χ2n) is 5.07. The van der Waals surface area contributed by atoms with Crippen LogP contribution in [0.4, 0.5) is 26.3 Å². The number of alkyl halides is 6. The van der Waals surface area contributed by atoms with Crippen molar-refractivity contribution >= 4 is 0 Å². The Balaban J connectivity index is 2.64. The van der Waals surface area contributed by atoms with Crippen molar-refractivity contribution < 1.29 is 26.3 Å². The van der Waals surface area contributed by atoms with E-state index in [9.17, 15) is 26.3 Å². The largest absolute Gasteiger partial charge is 0.416 e. The Labute approximate surface area is 123 Å². The zero-order valence-corrected chi connectivity index (χ0v) is 11.8. The van der Waals surface area contributed by atoms with Crippen LogP contribution in [0.5, 0.6) is 0 Å². The number of hydrogen-bond donors (Lipinski definition) is 0. The fourth-order valence-corrected chi connectivity index (χ4v) is 2.46. The van der Waals surface area contributed by atoms with Gasteiger partial charge in [0.05, 0.1) is 11.1 Å². The molecular formula is C15H13F6N. The second kappa shape index (κ2) is 5.37. The summed E-state index contributed by atoms with van der Waals surface area (Å²) in [6, 6.07) is 0. The Hall–Kier alpha value is -1.92. The SMILES string of the molecule is CC1C=C(C(F)(F)F)C=C(C(F)(F)F)C1=C1C=CC=CN1C. The van der Waals surface area contributed by atoms with E-state index in [4.69, 9.17) is 0 Å². The standard InChI is InChI=1S/C15H13F6N/c1-9-7-10(14(16,17)18)8-11(15(19,20)21)13(9)12-5-3-4-6-22(12)2/h3-9H,1-2H3. The van der Waals surface area contributed by atoms with Gasteiger partial charge < -0.3 is 4.90 Å². The summed E-state index contributed by atoms with van der Waals surface area (Å²) in [7, 11) is 1.55. The fraction of sp³-hybridized carbons (Fsp3) is 0.333. The molecule has 0 spiro atoms. The summed E-state index contributed by atoms with van der Waals surface area (Å²) in [6.07, 6.45) is -2.49. The summed E-state index contributed by atoms with van der Waals surface area (Å²) in [5.41, 5.74) is -2.45. The molecule has 0 aromatic carbocycles. The van der Waals surface area contributed by atoms with Crippen LogP contribution in [0, 0.1) is 5.92 Å². The lowest BCUT2D eigenvalue weighted by Crippen LogP contribution is -2.27. The van der Waals surface area contributed by atoms with Gasteiger partial charge in [-0.05, 0) is 23.8 Å². The lowest BCUT2D eigenvalue weighted by atomic mass is 9.83. The first kappa shape index (κ1) is 16.5. The molecule has 2 rings (SSSR count). The molecule has 22 heavy (non-hydrogen) atoms. The smallest absolute Gasteiger partial charge is 0.351 e. The van der Waals surface area contributed by atoms with E-state index < -0.39 is 29.4 Å². The van der Waals surface area contributed by atoms with Crippen LogP contribution in [0.3, 0.4) is 0 Å². The van der Waals surface area contributed by atoms with Gasteiger partial charge in [0, 0.05) is 24.9 Å². The van der Waals surface area contributed by atoms with Crippen LogP contribution in [-0.2, 0) is 0 Å². The van der Waals surface area contributed by atoms with Crippen LogP contribution in [0.1, 0.15) is 6.92 Å². The first-order chi connectivity index (χ1) is 10.0. The molecule has 2 aliphatic rings. The van der Waals surface area contributed by atoms with Crippen LogP contribution in [-0.4, -0.2) is 24.3 Å². The van der Waals surface area contributed by atoms with Crippen LogP contribution < -0.4 is 0 Å². The van der Waals surface area contributed by atoms with E-state index in [0.717, 1.165) is 6.08 Å². The fourth-order valence-electron chi connectivity index (χ4n) is 2.46. The molecule has 0 N–H and O–H groups in total. The van der Waals surface area contributed by atoms with E-state index in [0.29, 0.717) is 0 Å². The molecule has 0 amide bonds. The van der Waals surface area contributed by atoms with E-state index in [1.54, 1.807) is 25.4 Å². The molecule has 1 aliphatic heterocycles. The molecule has 0 aromatic rings. The van der Waals surface area contributed by atoms with Gasteiger partial charge in [0.2, 0.25) is 0 Å². The van der Waals surface area contributed by atoms with Gasteiger partial charge in [-0.3, -0.25) is 0 Å². The molecular weight excluding hydrogens is 308 g/mol. The molecule has 1 heterocycles. The number of likely N-dealkylation sites (N-methyl/N-ethyl adjacent to an activating group) is 1. The summed E-state index contributed by atoms with van der Waals surface area (Å²) in [5.74, 6) is -1.01. The molecule has 7 heteroatoms. The minimum Gasteiger partial charge on any atom is -0.351 e. The predicted molar refractivity (Wildman–Crippen MR) is 70.5 cm³/mol. The van der Waals surface area contributed by atoms with Gasteiger partial charge >= 0.3 is 12.4 Å². The van der Waals surface area contributed by atoms with Crippen molar-refractivity contribution in [2.24, 2.45) is 5.92 Å². The third kappa shape index (κ3) is 3.13. The molecule has 1 atom stereocenters. The molecule has 0 saturated heterocycles. The first-order valence-electron chi connectivity index (χ1n) is 6.42. The minimum absolute atomic E-state index is 0.163. The summed E-state index contributed by atoms with van der Waals surface area (Å²) in [6.45, 7) is 1.33. The summed E-state index contributed by atoms with van der Waals surface area (Å²) in [4.78, 5) is 1.46. The number of halogens is 6. The third-order valence-corrected chi connectivity index (χ3v) is 3.44. The van der Waals surface area contributed by atoms with Crippen LogP contribution >= 0.6 is 0 Å². The highest BCUT2D eigenvalue weighted by Crippen LogP contribution is 2.44. The normalized spacial score (nSPS) is 26.2. The predicted octanol–water partition coefficient (Wildman–Crippen LogP) is 4.88. The Morgan fingerprint density at radius 3 is 2.14 bits per heavy atom. The van der Waals surface area contributed by atoms with E-state index in [1.807, 2.05) is 0 Å². The van der Waals surface area contributed by atoms with Crippen molar-refractivity contribution in [3.8, 4) is 0 Å². The van der Waals surface area contributed by atoms with Crippen molar-refractivity contribution in [3.63, 3.8) is 0 Å². The van der Waals surface area contributed by atoms with Crippen molar-refractivity contribution in [1.29, 1.82) is 0 Å². The zero-order chi connectivity index (χ0) is 16.7. The average molecular weight is 321 g/mol. The first-order valence-corrected chi connectivity index (χ1v) is 6.42. The van der Waals surface area contributed by atoms with Crippen molar-refractivity contribution in [1.82, 2.24) is 4.90 Å². The Bertz CT molecular complexity index is 613. The topological polar surface area (TPSA) is 3.24 Å². The molecule has 0 bridgehead atoms. The molecule has 1 nitrogen and oxygen atoms in total. The lowest BCUT2D eigenvalue weighted by Gasteiger charge is -2.30. The van der Waals surface area contributed by atoms with Gasteiger partial charge in [-0.2, -0.15) is 26.3 Å². The zero-order valence-electron chi connectivity index (χ0n) is 11.8. The van der Waals surface area contributed by atoms with E-state index in [1.165, 1.54) is 17.9 Å². The monoisotopic (exact) mass is 321 g/mol. The van der Waals surface area contributed by atoms with Crippen molar-refractivity contribution in [2.45, 2.75) is 19.3 Å². The molecule has 120 valence electrons. The van der Waals surface area contributed by atoms with E-state index in [-0.39, 0.29) is 17.3 Å². The quantitative estimate of drug-likeness (QED) is 0.575. The average Bonchev–Trinajstić information content (AvgIpc) is 2.37. The highest BCUT2D eigenvalue weighted by atomic mass is 19.4. The summed E-state index contributed by atoms with van der Waals surface area (Å²) >= 11 is 0. The third-order valence-electron chi connectivity index (χ3n) is 3.44. The van der Waals surface area contributed by atoms with Crippen LogP contribution in [0.15, 0.2) is 59.0 Å². The summed E-state index contributed by atoms with van der Waals surface area (Å²) < 4.78 is 78.1. The maximum Gasteiger partial charge on any atom is 0.416 e. The van der Waals surface area contributed by atoms with Gasteiger partial charge in [-0.1, -0.05) is 19.1 Å².